The summed E-state index contributed by atoms with van der Waals surface area (Å²) in [5, 5.41) is 3.80. The van der Waals surface area contributed by atoms with Crippen molar-refractivity contribution in [2.75, 3.05) is 0 Å². The Morgan fingerprint density at radius 2 is 1.84 bits per heavy atom. The normalized spacial score (nSPS) is 34.8. The van der Waals surface area contributed by atoms with Crippen molar-refractivity contribution in [2.24, 2.45) is 5.92 Å². The first kappa shape index (κ1) is 13.1. The summed E-state index contributed by atoms with van der Waals surface area (Å²) in [5.74, 6) is 1.20. The van der Waals surface area contributed by atoms with E-state index in [0.717, 1.165) is 24.3 Å². The Balaban J connectivity index is 1.51. The molecule has 19 heavy (non-hydrogen) atoms. The van der Waals surface area contributed by atoms with Crippen molar-refractivity contribution in [1.29, 1.82) is 0 Å². The second-order valence-corrected chi connectivity index (χ2v) is 6.42. The molecule has 0 amide bonds. The van der Waals surface area contributed by atoms with Crippen LogP contribution < -0.4 is 5.32 Å². The number of hydrogen-bond acceptors (Lipinski definition) is 1. The number of halogens is 1. The lowest BCUT2D eigenvalue weighted by atomic mass is 9.74. The van der Waals surface area contributed by atoms with Crippen LogP contribution in [-0.2, 0) is 0 Å². The van der Waals surface area contributed by atoms with Crippen LogP contribution in [0.15, 0.2) is 24.3 Å². The summed E-state index contributed by atoms with van der Waals surface area (Å²) in [6, 6.07) is 8.55. The molecule has 2 unspecified atom stereocenters. The van der Waals surface area contributed by atoms with Crippen LogP contribution in [0.25, 0.3) is 0 Å². The van der Waals surface area contributed by atoms with E-state index >= 15 is 0 Å². The van der Waals surface area contributed by atoms with Crippen molar-refractivity contribution in [3.05, 3.63) is 35.6 Å². The van der Waals surface area contributed by atoms with Gasteiger partial charge in [0, 0.05) is 12.1 Å². The first-order valence-corrected chi connectivity index (χ1v) is 7.74. The summed E-state index contributed by atoms with van der Waals surface area (Å²) in [4.78, 5) is 0. The van der Waals surface area contributed by atoms with Gasteiger partial charge in [-0.05, 0) is 49.1 Å². The lowest BCUT2D eigenvalue weighted by Crippen LogP contribution is -2.48. The van der Waals surface area contributed by atoms with Gasteiger partial charge in [0.25, 0.3) is 0 Å². The fourth-order valence-electron chi connectivity index (χ4n) is 3.68. The topological polar surface area (TPSA) is 12.0 Å². The Labute approximate surface area is 115 Å². The van der Waals surface area contributed by atoms with Gasteiger partial charge in [-0.2, -0.15) is 0 Å². The van der Waals surface area contributed by atoms with E-state index < -0.39 is 0 Å². The maximum atomic E-state index is 13.7. The molecule has 2 fully saturated rings. The molecule has 1 aromatic carbocycles. The van der Waals surface area contributed by atoms with Crippen LogP contribution in [0.1, 0.15) is 56.9 Å². The summed E-state index contributed by atoms with van der Waals surface area (Å²) >= 11 is 0. The highest BCUT2D eigenvalue weighted by Gasteiger charge is 2.34. The van der Waals surface area contributed by atoms with E-state index in [1.807, 2.05) is 12.1 Å². The van der Waals surface area contributed by atoms with Crippen LogP contribution in [0.5, 0.6) is 0 Å². The third kappa shape index (κ3) is 2.84. The maximum absolute atomic E-state index is 13.7. The van der Waals surface area contributed by atoms with Gasteiger partial charge >= 0.3 is 0 Å². The second-order valence-electron chi connectivity index (χ2n) is 6.42. The van der Waals surface area contributed by atoms with Crippen LogP contribution >= 0.6 is 0 Å². The molecule has 104 valence electrons. The van der Waals surface area contributed by atoms with E-state index in [0.29, 0.717) is 18.0 Å². The fourth-order valence-corrected chi connectivity index (χ4v) is 3.68. The van der Waals surface area contributed by atoms with Crippen molar-refractivity contribution >= 4 is 0 Å². The molecular weight excluding hydrogens is 237 g/mol. The molecule has 2 saturated carbocycles. The molecule has 0 saturated heterocycles. The second kappa shape index (κ2) is 5.62. The standard InChI is InChI=1S/C17H24FN/c1-12-6-2-5-9-17(12)19-14-10-13(11-14)15-7-3-4-8-16(15)18/h3-4,7-8,12-14,17,19H,2,5-6,9-11H2,1H3. The summed E-state index contributed by atoms with van der Waals surface area (Å²) < 4.78 is 13.7. The number of benzene rings is 1. The van der Waals surface area contributed by atoms with E-state index in [2.05, 4.69) is 12.2 Å². The average molecular weight is 261 g/mol. The molecule has 2 aliphatic rings. The smallest absolute Gasteiger partial charge is 0.126 e. The predicted octanol–water partition coefficient (Wildman–Crippen LogP) is 4.24. The summed E-state index contributed by atoms with van der Waals surface area (Å²) in [6.07, 6.45) is 7.64. The maximum Gasteiger partial charge on any atom is 0.126 e. The highest BCUT2D eigenvalue weighted by molar-refractivity contribution is 5.24. The number of hydrogen-bond donors (Lipinski definition) is 1. The molecule has 2 aliphatic carbocycles. The van der Waals surface area contributed by atoms with Crippen LogP contribution in [0.2, 0.25) is 0 Å². The van der Waals surface area contributed by atoms with E-state index in [1.165, 1.54) is 25.7 Å². The van der Waals surface area contributed by atoms with Gasteiger partial charge in [0.05, 0.1) is 0 Å². The summed E-state index contributed by atoms with van der Waals surface area (Å²) in [6.45, 7) is 2.36. The first-order valence-electron chi connectivity index (χ1n) is 7.74. The van der Waals surface area contributed by atoms with Crippen molar-refractivity contribution in [1.82, 2.24) is 5.32 Å². The van der Waals surface area contributed by atoms with Gasteiger partial charge in [0.15, 0.2) is 0 Å². The third-order valence-electron chi connectivity index (χ3n) is 5.04. The Morgan fingerprint density at radius 3 is 2.58 bits per heavy atom. The SMILES string of the molecule is CC1CCCCC1NC1CC(c2ccccc2F)C1. The van der Waals surface area contributed by atoms with Crippen LogP contribution in [0, 0.1) is 11.7 Å². The Morgan fingerprint density at radius 1 is 1.11 bits per heavy atom. The van der Waals surface area contributed by atoms with Crippen molar-refractivity contribution < 1.29 is 4.39 Å². The highest BCUT2D eigenvalue weighted by Crippen LogP contribution is 2.39. The molecule has 2 atom stereocenters. The van der Waals surface area contributed by atoms with Crippen LogP contribution in [0.3, 0.4) is 0 Å². The minimum Gasteiger partial charge on any atom is -0.311 e. The zero-order valence-corrected chi connectivity index (χ0v) is 11.7. The van der Waals surface area contributed by atoms with Gasteiger partial charge < -0.3 is 5.32 Å². The van der Waals surface area contributed by atoms with Crippen LogP contribution in [0.4, 0.5) is 4.39 Å². The molecule has 1 nitrogen and oxygen atoms in total. The molecule has 0 spiro atoms. The molecule has 0 aliphatic heterocycles. The summed E-state index contributed by atoms with van der Waals surface area (Å²) in [7, 11) is 0. The monoisotopic (exact) mass is 261 g/mol. The zero-order chi connectivity index (χ0) is 13.2. The number of nitrogens with one attached hydrogen (secondary N) is 1. The zero-order valence-electron chi connectivity index (χ0n) is 11.7. The third-order valence-corrected chi connectivity index (χ3v) is 5.04. The molecule has 3 rings (SSSR count). The van der Waals surface area contributed by atoms with Gasteiger partial charge in [-0.1, -0.05) is 38.0 Å². The van der Waals surface area contributed by atoms with E-state index in [9.17, 15) is 4.39 Å². The Hall–Kier alpha value is -0.890. The predicted molar refractivity (Wildman–Crippen MR) is 76.7 cm³/mol. The minimum atomic E-state index is -0.0306. The van der Waals surface area contributed by atoms with Gasteiger partial charge in [0.2, 0.25) is 0 Å². The average Bonchev–Trinajstić information content (AvgIpc) is 2.37. The molecule has 0 bridgehead atoms. The lowest BCUT2D eigenvalue weighted by molar-refractivity contribution is 0.199. The summed E-state index contributed by atoms with van der Waals surface area (Å²) in [5.41, 5.74) is 0.914. The van der Waals surface area contributed by atoms with E-state index in [4.69, 9.17) is 0 Å². The van der Waals surface area contributed by atoms with Crippen LogP contribution in [-0.4, -0.2) is 12.1 Å². The van der Waals surface area contributed by atoms with Gasteiger partial charge in [-0.3, -0.25) is 0 Å². The largest absolute Gasteiger partial charge is 0.311 e. The van der Waals surface area contributed by atoms with Gasteiger partial charge in [-0.25, -0.2) is 4.39 Å². The molecule has 0 radical (unpaired) electrons. The van der Waals surface area contributed by atoms with Gasteiger partial charge in [0.1, 0.15) is 5.82 Å². The minimum absolute atomic E-state index is 0.0306. The van der Waals surface area contributed by atoms with Crippen molar-refractivity contribution in [3.8, 4) is 0 Å². The number of rotatable bonds is 3. The fraction of sp³-hybridized carbons (Fsp3) is 0.647. The molecule has 1 aromatic rings. The van der Waals surface area contributed by atoms with E-state index in [-0.39, 0.29) is 5.82 Å². The van der Waals surface area contributed by atoms with Crippen molar-refractivity contribution in [3.63, 3.8) is 0 Å². The quantitative estimate of drug-likeness (QED) is 0.858. The molecule has 0 heterocycles. The molecule has 1 N–H and O–H groups in total. The molecule has 2 heteroatoms. The van der Waals surface area contributed by atoms with Crippen molar-refractivity contribution in [2.45, 2.75) is 63.5 Å². The Kier molecular flexibility index (Phi) is 3.88. The first-order chi connectivity index (χ1) is 9.24. The Bertz CT molecular complexity index is 425. The molecule has 0 aromatic heterocycles. The lowest BCUT2D eigenvalue weighted by Gasteiger charge is -2.41. The highest BCUT2D eigenvalue weighted by atomic mass is 19.1. The molecular formula is C17H24FN. The van der Waals surface area contributed by atoms with E-state index in [1.54, 1.807) is 12.1 Å². The van der Waals surface area contributed by atoms with Gasteiger partial charge in [-0.15, -0.1) is 0 Å².